The Kier molecular flexibility index (Phi) is 45.7. The first-order valence-electron chi connectivity index (χ1n) is 24.3. The van der Waals surface area contributed by atoms with Gasteiger partial charge in [0.15, 0.2) is 6.10 Å². The van der Waals surface area contributed by atoms with Crippen LogP contribution in [-0.2, 0) is 28.6 Å². The minimum absolute atomic E-state index is 0.123. The number of esters is 3. The molecule has 0 heterocycles. The normalized spacial score (nSPS) is 13.3. The van der Waals surface area contributed by atoms with Crippen molar-refractivity contribution in [2.75, 3.05) is 13.2 Å². The fourth-order valence-electron chi connectivity index (χ4n) is 5.98. The van der Waals surface area contributed by atoms with Crippen LogP contribution in [0.2, 0.25) is 0 Å². The number of hydrogen-bond donors (Lipinski definition) is 0. The molecule has 62 heavy (non-hydrogen) atoms. The Morgan fingerprint density at radius 3 is 1.21 bits per heavy atom. The molecule has 0 bridgehead atoms. The highest BCUT2D eigenvalue weighted by molar-refractivity contribution is 5.71. The van der Waals surface area contributed by atoms with E-state index in [0.717, 1.165) is 96.3 Å². The van der Waals surface area contributed by atoms with Crippen molar-refractivity contribution < 1.29 is 28.6 Å². The zero-order valence-corrected chi connectivity index (χ0v) is 39.3. The van der Waals surface area contributed by atoms with E-state index in [1.54, 1.807) is 0 Å². The SMILES string of the molecule is CC\C=C/C=C\C=C/C=C\C=C\C=C/CCCCCC(=O)OC(COC(=O)CCCC/C=C\C/C=C\CC)COC(=O)CCCCCCC\C=C/C=C\C=C/CCCCCCC. The Balaban J connectivity index is 4.53. The summed E-state index contributed by atoms with van der Waals surface area (Å²) < 4.78 is 16.6. The zero-order valence-electron chi connectivity index (χ0n) is 39.3. The number of unbranched alkanes of at least 4 members (excludes halogenated alkanes) is 15. The van der Waals surface area contributed by atoms with Crippen molar-refractivity contribution in [1.29, 1.82) is 0 Å². The maximum Gasteiger partial charge on any atom is 0.306 e. The monoisotopic (exact) mass is 855 g/mol. The van der Waals surface area contributed by atoms with E-state index in [-0.39, 0.29) is 37.5 Å². The average molecular weight is 855 g/mol. The van der Waals surface area contributed by atoms with Gasteiger partial charge in [0.05, 0.1) is 0 Å². The minimum atomic E-state index is -0.826. The lowest BCUT2D eigenvalue weighted by atomic mass is 10.1. The summed E-state index contributed by atoms with van der Waals surface area (Å²) in [5.41, 5.74) is 0. The molecule has 346 valence electrons. The van der Waals surface area contributed by atoms with Crippen LogP contribution < -0.4 is 0 Å². The van der Waals surface area contributed by atoms with Gasteiger partial charge in [-0.25, -0.2) is 0 Å². The van der Waals surface area contributed by atoms with E-state index in [1.165, 1.54) is 32.1 Å². The third kappa shape index (κ3) is 46.6. The second-order valence-corrected chi connectivity index (χ2v) is 15.5. The highest BCUT2D eigenvalue weighted by Crippen LogP contribution is 2.11. The van der Waals surface area contributed by atoms with Crippen LogP contribution in [0.15, 0.2) is 134 Å². The largest absolute Gasteiger partial charge is 0.462 e. The molecule has 1 unspecified atom stereocenters. The van der Waals surface area contributed by atoms with Crippen molar-refractivity contribution in [2.24, 2.45) is 0 Å². The average Bonchev–Trinajstić information content (AvgIpc) is 3.27. The molecule has 6 heteroatoms. The number of ether oxygens (including phenoxy) is 3. The van der Waals surface area contributed by atoms with Crippen molar-refractivity contribution in [2.45, 2.75) is 187 Å². The highest BCUT2D eigenvalue weighted by Gasteiger charge is 2.19. The molecule has 0 rings (SSSR count). The Morgan fingerprint density at radius 1 is 0.355 bits per heavy atom. The van der Waals surface area contributed by atoms with Crippen LogP contribution in [0.1, 0.15) is 181 Å². The lowest BCUT2D eigenvalue weighted by molar-refractivity contribution is -0.167. The molecule has 0 aromatic heterocycles. The van der Waals surface area contributed by atoms with Gasteiger partial charge in [-0.1, -0.05) is 206 Å². The van der Waals surface area contributed by atoms with Crippen molar-refractivity contribution >= 4 is 17.9 Å². The lowest BCUT2D eigenvalue weighted by Crippen LogP contribution is -2.30. The van der Waals surface area contributed by atoms with E-state index in [4.69, 9.17) is 14.2 Å². The molecular formula is C56H86O6. The van der Waals surface area contributed by atoms with Crippen LogP contribution in [0.3, 0.4) is 0 Å². The topological polar surface area (TPSA) is 78.9 Å². The summed E-state index contributed by atoms with van der Waals surface area (Å²) in [6.45, 7) is 6.23. The summed E-state index contributed by atoms with van der Waals surface area (Å²) >= 11 is 0. The highest BCUT2D eigenvalue weighted by atomic mass is 16.6. The lowest BCUT2D eigenvalue weighted by Gasteiger charge is -2.18. The Morgan fingerprint density at radius 2 is 0.710 bits per heavy atom. The molecule has 1 atom stereocenters. The fraction of sp³-hybridized carbons (Fsp3) is 0.554. The van der Waals surface area contributed by atoms with E-state index >= 15 is 0 Å². The van der Waals surface area contributed by atoms with E-state index in [2.05, 4.69) is 93.7 Å². The maximum atomic E-state index is 12.7. The standard InChI is InChI=1S/C56H86O6/c1-4-7-10-13-16-19-21-23-25-27-29-30-32-34-37-40-43-46-49-55(58)61-52-53(51-60-54(57)48-45-42-39-36-18-15-12-9-6-3)62-56(59)50-47-44-41-38-35-33-31-28-26-24-22-20-17-14-11-8-5-2/h8-9,11-12,14,17-18,20-31,33,35-36,53H,4-7,10,13,15-16,19,32,34,37-52H2,1-3H3/b11-8-,12-9-,17-14-,22-20-,23-21-,26-24-,27-25-,30-29-,31-28+,35-33-,36-18-. The molecule has 0 aliphatic heterocycles. The molecule has 0 aromatic rings. The van der Waals surface area contributed by atoms with Crippen molar-refractivity contribution in [1.82, 2.24) is 0 Å². The molecule has 0 amide bonds. The minimum Gasteiger partial charge on any atom is -0.462 e. The second kappa shape index (κ2) is 49.2. The Hall–Kier alpha value is -4.45. The van der Waals surface area contributed by atoms with Gasteiger partial charge in [-0.05, 0) is 89.9 Å². The quantitative estimate of drug-likeness (QED) is 0.0200. The van der Waals surface area contributed by atoms with Crippen molar-refractivity contribution in [3.63, 3.8) is 0 Å². The second-order valence-electron chi connectivity index (χ2n) is 15.5. The first-order chi connectivity index (χ1) is 30.5. The molecule has 0 N–H and O–H groups in total. The molecule has 0 fully saturated rings. The van der Waals surface area contributed by atoms with Gasteiger partial charge < -0.3 is 14.2 Å². The van der Waals surface area contributed by atoms with Crippen molar-refractivity contribution in [3.05, 3.63) is 134 Å². The molecule has 0 aromatic carbocycles. The molecule has 0 radical (unpaired) electrons. The molecule has 6 nitrogen and oxygen atoms in total. The van der Waals surface area contributed by atoms with Crippen LogP contribution in [0, 0.1) is 0 Å². The molecular weight excluding hydrogens is 769 g/mol. The summed E-state index contributed by atoms with van der Waals surface area (Å²) in [4.78, 5) is 37.8. The zero-order chi connectivity index (χ0) is 45.1. The van der Waals surface area contributed by atoms with Gasteiger partial charge in [0, 0.05) is 19.3 Å². The van der Waals surface area contributed by atoms with Crippen LogP contribution in [0.5, 0.6) is 0 Å². The third-order valence-electron chi connectivity index (χ3n) is 9.59. The molecule has 0 saturated heterocycles. The Bertz CT molecular complexity index is 1400. The third-order valence-corrected chi connectivity index (χ3v) is 9.59. The number of carbonyl (C=O) groups is 3. The number of rotatable bonds is 41. The summed E-state index contributed by atoms with van der Waals surface area (Å²) in [5.74, 6) is -1.04. The van der Waals surface area contributed by atoms with Gasteiger partial charge in [0.25, 0.3) is 0 Å². The summed E-state index contributed by atoms with van der Waals surface area (Å²) in [6.07, 6.45) is 68.7. The van der Waals surface area contributed by atoms with Gasteiger partial charge in [-0.15, -0.1) is 0 Å². The van der Waals surface area contributed by atoms with Crippen LogP contribution in [0.4, 0.5) is 0 Å². The summed E-state index contributed by atoms with van der Waals surface area (Å²) in [6, 6.07) is 0. The Labute approximate surface area is 379 Å². The summed E-state index contributed by atoms with van der Waals surface area (Å²) in [5, 5.41) is 0. The van der Waals surface area contributed by atoms with Crippen molar-refractivity contribution in [3.8, 4) is 0 Å². The van der Waals surface area contributed by atoms with Gasteiger partial charge >= 0.3 is 17.9 Å². The van der Waals surface area contributed by atoms with Gasteiger partial charge in [-0.2, -0.15) is 0 Å². The predicted octanol–water partition coefficient (Wildman–Crippen LogP) is 15.9. The van der Waals surface area contributed by atoms with Crippen LogP contribution in [0.25, 0.3) is 0 Å². The molecule has 0 saturated carbocycles. The van der Waals surface area contributed by atoms with Crippen LogP contribution >= 0.6 is 0 Å². The van der Waals surface area contributed by atoms with E-state index in [1.807, 2.05) is 60.8 Å². The summed E-state index contributed by atoms with van der Waals surface area (Å²) in [7, 11) is 0. The first kappa shape index (κ1) is 57.5. The van der Waals surface area contributed by atoms with E-state index in [9.17, 15) is 14.4 Å². The first-order valence-corrected chi connectivity index (χ1v) is 24.3. The number of hydrogen-bond acceptors (Lipinski definition) is 6. The van der Waals surface area contributed by atoms with E-state index in [0.29, 0.717) is 25.7 Å². The van der Waals surface area contributed by atoms with Gasteiger partial charge in [0.1, 0.15) is 13.2 Å². The number of carbonyl (C=O) groups excluding carboxylic acids is 3. The maximum absolute atomic E-state index is 12.7. The molecule has 0 aliphatic carbocycles. The van der Waals surface area contributed by atoms with Gasteiger partial charge in [-0.3, -0.25) is 14.4 Å². The van der Waals surface area contributed by atoms with Gasteiger partial charge in [0.2, 0.25) is 0 Å². The fourth-order valence-corrected chi connectivity index (χ4v) is 5.98. The predicted molar refractivity (Wildman–Crippen MR) is 265 cm³/mol. The smallest absolute Gasteiger partial charge is 0.306 e. The molecule has 0 spiro atoms. The van der Waals surface area contributed by atoms with E-state index < -0.39 is 6.10 Å². The number of allylic oxidation sites excluding steroid dienone is 22. The molecule has 0 aliphatic rings. The van der Waals surface area contributed by atoms with Crippen LogP contribution in [-0.4, -0.2) is 37.2 Å².